The molecule has 0 spiro atoms. The lowest BCUT2D eigenvalue weighted by Crippen LogP contribution is -2.14. The molecule has 0 unspecified atom stereocenters. The van der Waals surface area contributed by atoms with Crippen molar-refractivity contribution in [3.05, 3.63) is 72.0 Å². The van der Waals surface area contributed by atoms with Crippen LogP contribution in [0.5, 0.6) is 5.75 Å². The molecule has 0 atom stereocenters. The first kappa shape index (κ1) is 18.3. The quantitative estimate of drug-likeness (QED) is 0.406. The first-order valence-electron chi connectivity index (χ1n) is 9.49. The number of rotatable bonds is 5. The molecule has 5 aromatic rings. The van der Waals surface area contributed by atoms with E-state index in [4.69, 9.17) is 18.3 Å². The highest BCUT2D eigenvalue weighted by Crippen LogP contribution is 2.37. The molecule has 6 nitrogen and oxygen atoms in total. The number of fused-ring (bicyclic) bond motifs is 4. The van der Waals surface area contributed by atoms with E-state index in [1.807, 2.05) is 54.6 Å². The highest BCUT2D eigenvalue weighted by molar-refractivity contribution is 6.10. The molecular formula is C24H19NO5. The molecule has 2 heterocycles. The van der Waals surface area contributed by atoms with E-state index < -0.39 is 0 Å². The summed E-state index contributed by atoms with van der Waals surface area (Å²) in [5, 5.41) is 5.66. The normalized spacial score (nSPS) is 11.4. The summed E-state index contributed by atoms with van der Waals surface area (Å²) in [5.74, 6) is 0.364. The monoisotopic (exact) mass is 401 g/mol. The van der Waals surface area contributed by atoms with Crippen molar-refractivity contribution in [1.82, 2.24) is 0 Å². The zero-order chi connectivity index (χ0) is 20.7. The number of hydrogen-bond acceptors (Lipinski definition) is 5. The van der Waals surface area contributed by atoms with Gasteiger partial charge in [-0.15, -0.1) is 0 Å². The molecule has 0 aliphatic heterocycles. The number of carbonyl (C=O) groups excluding carboxylic acids is 1. The van der Waals surface area contributed by atoms with Crippen molar-refractivity contribution >= 4 is 44.5 Å². The lowest BCUT2D eigenvalue weighted by molar-refractivity contribution is 0.0991. The van der Waals surface area contributed by atoms with Crippen LogP contribution >= 0.6 is 0 Å². The van der Waals surface area contributed by atoms with Gasteiger partial charge in [0.05, 0.1) is 19.4 Å². The third kappa shape index (κ3) is 2.89. The SMILES string of the molecule is COCc1c(C(=O)Nc2cc3oc4ccccc4c3cc2OC)oc2ccccc12. The number of ether oxygens (including phenoxy) is 2. The summed E-state index contributed by atoms with van der Waals surface area (Å²) in [6.45, 7) is 0.263. The van der Waals surface area contributed by atoms with E-state index >= 15 is 0 Å². The summed E-state index contributed by atoms with van der Waals surface area (Å²) in [7, 11) is 3.15. The molecule has 5 rings (SSSR count). The predicted octanol–water partition coefficient (Wildman–Crippen LogP) is 5.74. The van der Waals surface area contributed by atoms with Gasteiger partial charge in [0.2, 0.25) is 0 Å². The molecule has 1 N–H and O–H groups in total. The van der Waals surface area contributed by atoms with Crippen LogP contribution in [0, 0.1) is 0 Å². The minimum absolute atomic E-state index is 0.213. The van der Waals surface area contributed by atoms with Crippen LogP contribution in [0.15, 0.2) is 69.5 Å². The number of carbonyl (C=O) groups is 1. The van der Waals surface area contributed by atoms with Gasteiger partial charge in [0.15, 0.2) is 5.76 Å². The Morgan fingerprint density at radius 3 is 2.30 bits per heavy atom. The minimum Gasteiger partial charge on any atom is -0.495 e. The van der Waals surface area contributed by atoms with Crippen molar-refractivity contribution in [3.63, 3.8) is 0 Å². The Bertz CT molecular complexity index is 1400. The van der Waals surface area contributed by atoms with Crippen molar-refractivity contribution in [3.8, 4) is 5.75 Å². The molecule has 0 aliphatic rings. The maximum Gasteiger partial charge on any atom is 0.291 e. The van der Waals surface area contributed by atoms with Crippen LogP contribution in [0.25, 0.3) is 32.9 Å². The number of hydrogen-bond donors (Lipinski definition) is 1. The first-order chi connectivity index (χ1) is 14.7. The average Bonchev–Trinajstić information content (AvgIpc) is 3.31. The number of amides is 1. The van der Waals surface area contributed by atoms with Crippen molar-refractivity contribution in [2.24, 2.45) is 0 Å². The van der Waals surface area contributed by atoms with E-state index in [1.54, 1.807) is 20.3 Å². The molecule has 3 aromatic carbocycles. The molecule has 0 aliphatic carbocycles. The van der Waals surface area contributed by atoms with E-state index in [0.29, 0.717) is 28.2 Å². The molecule has 6 heteroatoms. The first-order valence-corrected chi connectivity index (χ1v) is 9.49. The highest BCUT2D eigenvalue weighted by Gasteiger charge is 2.22. The van der Waals surface area contributed by atoms with E-state index in [2.05, 4.69) is 5.32 Å². The van der Waals surface area contributed by atoms with Crippen LogP contribution in [-0.4, -0.2) is 20.1 Å². The topological polar surface area (TPSA) is 73.8 Å². The second-order valence-corrected chi connectivity index (χ2v) is 6.94. The Kier molecular flexibility index (Phi) is 4.41. The van der Waals surface area contributed by atoms with Crippen molar-refractivity contribution in [2.75, 3.05) is 19.5 Å². The van der Waals surface area contributed by atoms with Crippen LogP contribution < -0.4 is 10.1 Å². The van der Waals surface area contributed by atoms with Gasteiger partial charge in [-0.25, -0.2) is 0 Å². The molecule has 1 amide bonds. The maximum absolute atomic E-state index is 13.1. The summed E-state index contributed by atoms with van der Waals surface area (Å²) in [6.07, 6.45) is 0. The molecule has 0 fully saturated rings. The second kappa shape index (κ2) is 7.24. The summed E-state index contributed by atoms with van der Waals surface area (Å²) < 4.78 is 22.6. The molecule has 30 heavy (non-hydrogen) atoms. The van der Waals surface area contributed by atoms with E-state index in [-0.39, 0.29) is 18.3 Å². The smallest absolute Gasteiger partial charge is 0.291 e. The van der Waals surface area contributed by atoms with Crippen LogP contribution in [0.3, 0.4) is 0 Å². The average molecular weight is 401 g/mol. The molecule has 0 bridgehead atoms. The van der Waals surface area contributed by atoms with Crippen LogP contribution in [0.2, 0.25) is 0 Å². The minimum atomic E-state index is -0.382. The molecular weight excluding hydrogens is 382 g/mol. The summed E-state index contributed by atoms with van der Waals surface area (Å²) in [4.78, 5) is 13.1. The van der Waals surface area contributed by atoms with Gasteiger partial charge in [-0.3, -0.25) is 4.79 Å². The largest absolute Gasteiger partial charge is 0.495 e. The van der Waals surface area contributed by atoms with Gasteiger partial charge >= 0.3 is 0 Å². The third-order valence-corrected chi connectivity index (χ3v) is 5.14. The van der Waals surface area contributed by atoms with E-state index in [1.165, 1.54) is 0 Å². The summed E-state index contributed by atoms with van der Waals surface area (Å²) in [6, 6.07) is 18.9. The van der Waals surface area contributed by atoms with E-state index in [9.17, 15) is 4.79 Å². The highest BCUT2D eigenvalue weighted by atomic mass is 16.5. The second-order valence-electron chi connectivity index (χ2n) is 6.94. The van der Waals surface area contributed by atoms with E-state index in [0.717, 1.165) is 21.7 Å². The zero-order valence-corrected chi connectivity index (χ0v) is 16.5. The lowest BCUT2D eigenvalue weighted by Gasteiger charge is -2.10. The van der Waals surface area contributed by atoms with Gasteiger partial charge in [0, 0.05) is 34.9 Å². The standard InChI is InChI=1S/C24H19NO5/c1-27-13-17-15-8-4-6-10-20(15)30-23(17)24(26)25-18-12-21-16(11-22(18)28-2)14-7-3-5-9-19(14)29-21/h3-12H,13H2,1-2H3,(H,25,26). The molecule has 0 saturated heterocycles. The molecule has 150 valence electrons. The Hall–Kier alpha value is -3.77. The maximum atomic E-state index is 13.1. The van der Waals surface area contributed by atoms with Gasteiger partial charge in [0.25, 0.3) is 5.91 Å². The number of nitrogens with one attached hydrogen (secondary N) is 1. The van der Waals surface area contributed by atoms with Gasteiger partial charge in [-0.05, 0) is 18.2 Å². The number of methoxy groups -OCH3 is 2. The van der Waals surface area contributed by atoms with Crippen LogP contribution in [-0.2, 0) is 11.3 Å². The number of para-hydroxylation sites is 2. The Morgan fingerprint density at radius 1 is 0.867 bits per heavy atom. The van der Waals surface area contributed by atoms with Crippen LogP contribution in [0.1, 0.15) is 16.1 Å². The summed E-state index contributed by atoms with van der Waals surface area (Å²) in [5.41, 5.74) is 3.27. The van der Waals surface area contributed by atoms with Gasteiger partial charge in [-0.2, -0.15) is 0 Å². The third-order valence-electron chi connectivity index (χ3n) is 5.14. The van der Waals surface area contributed by atoms with Crippen molar-refractivity contribution in [2.45, 2.75) is 6.61 Å². The fourth-order valence-corrected chi connectivity index (χ4v) is 3.77. The van der Waals surface area contributed by atoms with Crippen molar-refractivity contribution in [1.29, 1.82) is 0 Å². The van der Waals surface area contributed by atoms with Gasteiger partial charge < -0.3 is 23.6 Å². The number of anilines is 1. The Labute approximate surface area is 172 Å². The Morgan fingerprint density at radius 2 is 1.57 bits per heavy atom. The predicted molar refractivity (Wildman–Crippen MR) is 115 cm³/mol. The lowest BCUT2D eigenvalue weighted by atomic mass is 10.1. The fourth-order valence-electron chi connectivity index (χ4n) is 3.77. The fraction of sp³-hybridized carbons (Fsp3) is 0.125. The van der Waals surface area contributed by atoms with Crippen molar-refractivity contribution < 1.29 is 23.1 Å². The molecule has 0 radical (unpaired) electrons. The number of furan rings is 2. The molecule has 2 aromatic heterocycles. The van der Waals surface area contributed by atoms with Crippen LogP contribution in [0.4, 0.5) is 5.69 Å². The van der Waals surface area contributed by atoms with Gasteiger partial charge in [0.1, 0.15) is 22.5 Å². The summed E-state index contributed by atoms with van der Waals surface area (Å²) >= 11 is 0. The number of benzene rings is 3. The zero-order valence-electron chi connectivity index (χ0n) is 16.5. The van der Waals surface area contributed by atoms with Gasteiger partial charge in [-0.1, -0.05) is 36.4 Å². The Balaban J connectivity index is 1.58. The molecule has 0 saturated carbocycles.